The van der Waals surface area contributed by atoms with Crippen LogP contribution in [0.4, 0.5) is 0 Å². The van der Waals surface area contributed by atoms with E-state index in [4.69, 9.17) is 11.6 Å². The number of likely N-dealkylation sites (N-methyl/N-ethyl adjacent to an activating group) is 1. The van der Waals surface area contributed by atoms with E-state index in [0.29, 0.717) is 10.6 Å². The zero-order valence-electron chi connectivity index (χ0n) is 14.4. The predicted molar refractivity (Wildman–Crippen MR) is 99.6 cm³/mol. The van der Waals surface area contributed by atoms with E-state index in [1.54, 1.807) is 24.3 Å². The predicted octanol–water partition coefficient (Wildman–Crippen LogP) is 2.48. The summed E-state index contributed by atoms with van der Waals surface area (Å²) >= 11 is 6.02. The first kappa shape index (κ1) is 20.1. The van der Waals surface area contributed by atoms with Crippen LogP contribution in [0.25, 0.3) is 0 Å². The third-order valence-electron chi connectivity index (χ3n) is 3.77. The van der Waals surface area contributed by atoms with Crippen LogP contribution in [0.3, 0.4) is 0 Å². The van der Waals surface area contributed by atoms with Gasteiger partial charge in [-0.15, -0.1) is 0 Å². The van der Waals surface area contributed by atoms with Gasteiger partial charge in [-0.25, -0.2) is 8.42 Å². The Kier molecular flexibility index (Phi) is 6.52. The van der Waals surface area contributed by atoms with Crippen molar-refractivity contribution >= 4 is 33.3 Å². The summed E-state index contributed by atoms with van der Waals surface area (Å²) in [6, 6.07) is 12.7. The van der Waals surface area contributed by atoms with Crippen LogP contribution in [0.1, 0.15) is 22.8 Å². The topological polar surface area (TPSA) is 83.6 Å². The lowest BCUT2D eigenvalue weighted by atomic mass is 10.2. The summed E-state index contributed by atoms with van der Waals surface area (Å²) in [7, 11) is -2.51. The van der Waals surface area contributed by atoms with Crippen molar-refractivity contribution in [3.63, 3.8) is 0 Å². The first-order valence-corrected chi connectivity index (χ1v) is 9.61. The summed E-state index contributed by atoms with van der Waals surface area (Å²) in [5.74, 6) is -0.599. The van der Waals surface area contributed by atoms with Gasteiger partial charge in [-0.05, 0) is 30.7 Å². The zero-order valence-corrected chi connectivity index (χ0v) is 16.0. The average molecular weight is 395 g/mol. The van der Waals surface area contributed by atoms with E-state index in [2.05, 4.69) is 5.32 Å². The van der Waals surface area contributed by atoms with Gasteiger partial charge in [-0.1, -0.05) is 41.9 Å². The first-order chi connectivity index (χ1) is 12.2. The zero-order chi connectivity index (χ0) is 19.3. The smallest absolute Gasteiger partial charge is 0.243 e. The number of Topliss-reactive ketones (excluding diaryl/α,β-unsaturated/α-hetero) is 1. The van der Waals surface area contributed by atoms with E-state index in [1.807, 2.05) is 0 Å². The molecule has 2 aromatic rings. The maximum atomic E-state index is 12.5. The average Bonchev–Trinajstić information content (AvgIpc) is 2.61. The summed E-state index contributed by atoms with van der Waals surface area (Å²) in [4.78, 5) is 23.3. The van der Waals surface area contributed by atoms with Crippen LogP contribution in [-0.2, 0) is 21.4 Å². The number of hydrogen-bond acceptors (Lipinski definition) is 4. The maximum Gasteiger partial charge on any atom is 0.243 e. The molecule has 6 nitrogen and oxygen atoms in total. The molecule has 0 unspecified atom stereocenters. The molecular weight excluding hydrogens is 376 g/mol. The summed E-state index contributed by atoms with van der Waals surface area (Å²) in [5.41, 5.74) is 1.16. The Morgan fingerprint density at radius 2 is 1.69 bits per heavy atom. The Morgan fingerprint density at radius 3 is 2.27 bits per heavy atom. The fourth-order valence-corrected chi connectivity index (χ4v) is 3.55. The molecule has 0 aliphatic carbocycles. The molecule has 2 aromatic carbocycles. The molecule has 138 valence electrons. The monoisotopic (exact) mass is 394 g/mol. The number of halogens is 1. The molecule has 0 heterocycles. The second-order valence-electron chi connectivity index (χ2n) is 5.71. The minimum atomic E-state index is -3.83. The van der Waals surface area contributed by atoms with Crippen LogP contribution in [0, 0.1) is 0 Å². The molecule has 0 bridgehead atoms. The Morgan fingerprint density at radius 1 is 1.08 bits per heavy atom. The standard InChI is InChI=1S/C18H19ClN2O4S/c1-13(22)14-7-9-16(10-8-14)26(24,25)21(2)12-18(23)20-11-15-5-3-4-6-17(15)19/h3-10H,11-12H2,1-2H3,(H,20,23). The number of rotatable bonds is 7. The van der Waals surface area contributed by atoms with Gasteiger partial charge in [0.05, 0.1) is 11.4 Å². The molecule has 0 saturated carbocycles. The van der Waals surface area contributed by atoms with Crippen molar-refractivity contribution in [2.24, 2.45) is 0 Å². The molecule has 0 spiro atoms. The molecule has 1 amide bonds. The molecule has 0 aromatic heterocycles. The molecule has 2 rings (SSSR count). The molecule has 0 saturated heterocycles. The highest BCUT2D eigenvalue weighted by Gasteiger charge is 2.23. The molecule has 1 N–H and O–H groups in total. The van der Waals surface area contributed by atoms with Crippen LogP contribution in [0.5, 0.6) is 0 Å². The number of carbonyl (C=O) groups excluding carboxylic acids is 2. The van der Waals surface area contributed by atoms with Crippen LogP contribution in [0.2, 0.25) is 5.02 Å². The number of ketones is 1. The second-order valence-corrected chi connectivity index (χ2v) is 8.16. The van der Waals surface area contributed by atoms with E-state index in [-0.39, 0.29) is 23.8 Å². The van der Waals surface area contributed by atoms with Crippen molar-refractivity contribution in [1.82, 2.24) is 9.62 Å². The van der Waals surface area contributed by atoms with E-state index in [9.17, 15) is 18.0 Å². The number of carbonyl (C=O) groups is 2. The van der Waals surface area contributed by atoms with Crippen LogP contribution >= 0.6 is 11.6 Å². The van der Waals surface area contributed by atoms with Gasteiger partial charge in [0.1, 0.15) is 0 Å². The molecule has 0 radical (unpaired) electrons. The van der Waals surface area contributed by atoms with Crippen molar-refractivity contribution in [3.05, 3.63) is 64.7 Å². The van der Waals surface area contributed by atoms with E-state index >= 15 is 0 Å². The molecule has 0 aliphatic heterocycles. The number of hydrogen-bond donors (Lipinski definition) is 1. The molecule has 26 heavy (non-hydrogen) atoms. The minimum Gasteiger partial charge on any atom is -0.351 e. The van der Waals surface area contributed by atoms with Crippen molar-refractivity contribution < 1.29 is 18.0 Å². The van der Waals surface area contributed by atoms with Gasteiger partial charge in [0.25, 0.3) is 0 Å². The van der Waals surface area contributed by atoms with Gasteiger partial charge in [-0.3, -0.25) is 9.59 Å². The lowest BCUT2D eigenvalue weighted by Crippen LogP contribution is -2.38. The van der Waals surface area contributed by atoms with Crippen molar-refractivity contribution in [2.75, 3.05) is 13.6 Å². The van der Waals surface area contributed by atoms with Gasteiger partial charge in [0, 0.05) is 24.2 Å². The third kappa shape index (κ3) is 4.91. The first-order valence-electron chi connectivity index (χ1n) is 7.79. The SMILES string of the molecule is CC(=O)c1ccc(S(=O)(=O)N(C)CC(=O)NCc2ccccc2Cl)cc1. The highest BCUT2D eigenvalue weighted by atomic mass is 35.5. The summed E-state index contributed by atoms with van der Waals surface area (Å²) in [5, 5.41) is 3.17. The van der Waals surface area contributed by atoms with Crippen molar-refractivity contribution in [1.29, 1.82) is 0 Å². The minimum absolute atomic E-state index is 0.0175. The summed E-state index contributed by atoms with van der Waals surface area (Å²) in [6.45, 7) is 1.28. The Labute approximate surface area is 157 Å². The van der Waals surface area contributed by atoms with Gasteiger partial charge in [-0.2, -0.15) is 4.31 Å². The fourth-order valence-electron chi connectivity index (χ4n) is 2.22. The highest BCUT2D eigenvalue weighted by molar-refractivity contribution is 7.89. The number of amides is 1. The van der Waals surface area contributed by atoms with Gasteiger partial charge < -0.3 is 5.32 Å². The number of benzene rings is 2. The Balaban J connectivity index is 2.00. The maximum absolute atomic E-state index is 12.5. The van der Waals surface area contributed by atoms with E-state index in [0.717, 1.165) is 9.87 Å². The van der Waals surface area contributed by atoms with Gasteiger partial charge in [0.2, 0.25) is 15.9 Å². The quantitative estimate of drug-likeness (QED) is 0.731. The Bertz CT molecular complexity index is 911. The lowest BCUT2D eigenvalue weighted by molar-refractivity contribution is -0.121. The normalized spacial score (nSPS) is 11.4. The van der Waals surface area contributed by atoms with Crippen molar-refractivity contribution in [2.45, 2.75) is 18.4 Å². The molecular formula is C18H19ClN2O4S. The number of nitrogens with zero attached hydrogens (tertiary/aromatic N) is 1. The molecule has 0 fully saturated rings. The largest absolute Gasteiger partial charge is 0.351 e. The third-order valence-corrected chi connectivity index (χ3v) is 5.96. The Hall–Kier alpha value is -2.22. The van der Waals surface area contributed by atoms with E-state index in [1.165, 1.54) is 38.2 Å². The van der Waals surface area contributed by atoms with Crippen LogP contribution in [0.15, 0.2) is 53.4 Å². The highest BCUT2D eigenvalue weighted by Crippen LogP contribution is 2.16. The lowest BCUT2D eigenvalue weighted by Gasteiger charge is -2.17. The summed E-state index contributed by atoms with van der Waals surface area (Å²) < 4.78 is 26.0. The second kappa shape index (κ2) is 8.44. The number of nitrogens with one attached hydrogen (secondary N) is 1. The van der Waals surface area contributed by atoms with Crippen LogP contribution < -0.4 is 5.32 Å². The van der Waals surface area contributed by atoms with Gasteiger partial charge >= 0.3 is 0 Å². The molecule has 8 heteroatoms. The number of sulfonamides is 1. The fraction of sp³-hybridized carbons (Fsp3) is 0.222. The van der Waals surface area contributed by atoms with Gasteiger partial charge in [0.15, 0.2) is 5.78 Å². The van der Waals surface area contributed by atoms with Crippen LogP contribution in [-0.4, -0.2) is 38.0 Å². The van der Waals surface area contributed by atoms with E-state index < -0.39 is 15.9 Å². The summed E-state index contributed by atoms with van der Waals surface area (Å²) in [6.07, 6.45) is 0. The molecule has 0 aliphatic rings. The van der Waals surface area contributed by atoms with Crippen molar-refractivity contribution in [3.8, 4) is 0 Å². The molecule has 0 atom stereocenters.